The summed E-state index contributed by atoms with van der Waals surface area (Å²) >= 11 is 14.2. The van der Waals surface area contributed by atoms with Crippen molar-refractivity contribution in [3.05, 3.63) is 33.8 Å². The first-order chi connectivity index (χ1) is 9.16. The van der Waals surface area contributed by atoms with Crippen LogP contribution in [0.1, 0.15) is 18.5 Å². The summed E-state index contributed by atoms with van der Waals surface area (Å²) in [6, 6.07) is 5.95. The Labute approximate surface area is 129 Å². The normalized spacial score (nSPS) is 18.5. The van der Waals surface area contributed by atoms with Crippen molar-refractivity contribution in [2.24, 2.45) is 0 Å². The third-order valence-electron chi connectivity index (χ3n) is 3.41. The first-order valence-electron chi connectivity index (χ1n) is 6.65. The molecule has 1 fully saturated rings. The van der Waals surface area contributed by atoms with Crippen molar-refractivity contribution < 1.29 is 0 Å². The largest absolute Gasteiger partial charge is 0.309 e. The van der Waals surface area contributed by atoms with Gasteiger partial charge in [-0.25, -0.2) is 0 Å². The second-order valence-electron chi connectivity index (χ2n) is 4.80. The number of halogens is 2. The van der Waals surface area contributed by atoms with Crippen LogP contribution in [0.15, 0.2) is 18.2 Å². The van der Waals surface area contributed by atoms with Crippen LogP contribution in [0.2, 0.25) is 10.0 Å². The third-order valence-corrected chi connectivity index (χ3v) is 4.92. The predicted octanol–water partition coefficient (Wildman–Crippen LogP) is 3.69. The zero-order valence-electron chi connectivity index (χ0n) is 11.2. The molecule has 1 atom stereocenters. The summed E-state index contributed by atoms with van der Waals surface area (Å²) in [6.45, 7) is 6.66. The molecule has 1 aliphatic heterocycles. The molecule has 0 amide bonds. The second kappa shape index (κ2) is 7.75. The van der Waals surface area contributed by atoms with Crippen molar-refractivity contribution in [2.75, 3.05) is 37.7 Å². The first-order valence-corrected chi connectivity index (χ1v) is 8.56. The molecular weight excluding hydrogens is 299 g/mol. The van der Waals surface area contributed by atoms with E-state index in [0.717, 1.165) is 23.7 Å². The summed E-state index contributed by atoms with van der Waals surface area (Å²) in [5.41, 5.74) is 1.11. The smallest absolute Gasteiger partial charge is 0.0468 e. The Kier molecular flexibility index (Phi) is 6.30. The number of nitrogens with zero attached hydrogens (tertiary/aromatic N) is 1. The lowest BCUT2D eigenvalue weighted by molar-refractivity contribution is 0.297. The molecule has 0 spiro atoms. The van der Waals surface area contributed by atoms with Crippen molar-refractivity contribution >= 4 is 35.0 Å². The Balaban J connectivity index is 1.78. The van der Waals surface area contributed by atoms with Gasteiger partial charge in [0, 0.05) is 53.8 Å². The minimum Gasteiger partial charge on any atom is -0.309 e. The van der Waals surface area contributed by atoms with Gasteiger partial charge >= 0.3 is 0 Å². The highest BCUT2D eigenvalue weighted by Gasteiger charge is 2.12. The van der Waals surface area contributed by atoms with Gasteiger partial charge in [0.1, 0.15) is 0 Å². The molecule has 1 heterocycles. The molecule has 1 unspecified atom stereocenters. The lowest BCUT2D eigenvalue weighted by Gasteiger charge is -2.27. The molecule has 1 aliphatic rings. The molecule has 19 heavy (non-hydrogen) atoms. The Morgan fingerprint density at radius 3 is 2.74 bits per heavy atom. The predicted molar refractivity (Wildman–Crippen MR) is 86.6 cm³/mol. The van der Waals surface area contributed by atoms with Crippen LogP contribution in [-0.2, 0) is 0 Å². The van der Waals surface area contributed by atoms with Gasteiger partial charge in [0.25, 0.3) is 0 Å². The summed E-state index contributed by atoms with van der Waals surface area (Å²) in [6.07, 6.45) is 0. The lowest BCUT2D eigenvalue weighted by atomic mass is 10.1. The summed E-state index contributed by atoms with van der Waals surface area (Å²) < 4.78 is 0. The molecule has 2 nitrogen and oxygen atoms in total. The number of benzene rings is 1. The minimum atomic E-state index is 0.254. The fourth-order valence-electron chi connectivity index (χ4n) is 2.23. The van der Waals surface area contributed by atoms with Gasteiger partial charge in [0.15, 0.2) is 0 Å². The minimum absolute atomic E-state index is 0.254. The fraction of sp³-hybridized carbons (Fsp3) is 0.571. The molecular formula is C14H20Cl2N2S. The Morgan fingerprint density at radius 1 is 1.32 bits per heavy atom. The molecule has 1 aromatic rings. The van der Waals surface area contributed by atoms with E-state index in [1.165, 1.54) is 24.6 Å². The van der Waals surface area contributed by atoms with E-state index < -0.39 is 0 Å². The van der Waals surface area contributed by atoms with E-state index in [1.807, 2.05) is 23.9 Å². The topological polar surface area (TPSA) is 15.3 Å². The molecule has 1 N–H and O–H groups in total. The lowest BCUT2D eigenvalue weighted by Crippen LogP contribution is -2.38. The van der Waals surface area contributed by atoms with Crippen molar-refractivity contribution in [1.82, 2.24) is 10.2 Å². The van der Waals surface area contributed by atoms with Gasteiger partial charge in [0.2, 0.25) is 0 Å². The van der Waals surface area contributed by atoms with Gasteiger partial charge in [-0.3, -0.25) is 0 Å². The summed E-state index contributed by atoms with van der Waals surface area (Å²) in [7, 11) is 0. The van der Waals surface area contributed by atoms with Crippen LogP contribution < -0.4 is 5.32 Å². The van der Waals surface area contributed by atoms with Crippen molar-refractivity contribution in [3.8, 4) is 0 Å². The average Bonchev–Trinajstić information content (AvgIpc) is 2.39. The summed E-state index contributed by atoms with van der Waals surface area (Å²) in [5.74, 6) is 2.52. The zero-order valence-corrected chi connectivity index (χ0v) is 13.5. The molecule has 1 saturated heterocycles. The van der Waals surface area contributed by atoms with Gasteiger partial charge in [-0.2, -0.15) is 11.8 Å². The van der Waals surface area contributed by atoms with E-state index in [-0.39, 0.29) is 6.04 Å². The quantitative estimate of drug-likeness (QED) is 0.891. The molecule has 0 aliphatic carbocycles. The van der Waals surface area contributed by atoms with Crippen LogP contribution in [0.25, 0.3) is 0 Å². The summed E-state index contributed by atoms with van der Waals surface area (Å²) in [4.78, 5) is 2.51. The Bertz CT molecular complexity index is 408. The van der Waals surface area contributed by atoms with Gasteiger partial charge < -0.3 is 10.2 Å². The molecule has 0 aromatic heterocycles. The maximum atomic E-state index is 6.21. The molecule has 0 radical (unpaired) electrons. The van der Waals surface area contributed by atoms with Crippen LogP contribution in [0.4, 0.5) is 0 Å². The van der Waals surface area contributed by atoms with Gasteiger partial charge in [-0.05, 0) is 24.6 Å². The van der Waals surface area contributed by atoms with Crippen LogP contribution >= 0.6 is 35.0 Å². The van der Waals surface area contributed by atoms with Gasteiger partial charge in [-0.1, -0.05) is 29.3 Å². The monoisotopic (exact) mass is 318 g/mol. The molecule has 1 aromatic carbocycles. The van der Waals surface area contributed by atoms with Gasteiger partial charge in [0.05, 0.1) is 0 Å². The molecule has 0 bridgehead atoms. The number of thioether (sulfide) groups is 1. The maximum Gasteiger partial charge on any atom is 0.0468 e. The molecule has 106 valence electrons. The zero-order chi connectivity index (χ0) is 13.7. The average molecular weight is 319 g/mol. The van der Waals surface area contributed by atoms with Crippen molar-refractivity contribution in [2.45, 2.75) is 13.0 Å². The highest BCUT2D eigenvalue weighted by atomic mass is 35.5. The van der Waals surface area contributed by atoms with Gasteiger partial charge in [-0.15, -0.1) is 0 Å². The standard InChI is InChI=1S/C14H20Cl2N2S/c1-11(13-3-2-12(15)10-14(13)16)17-4-5-18-6-8-19-9-7-18/h2-3,10-11,17H,4-9H2,1H3. The molecule has 0 saturated carbocycles. The number of hydrogen-bond donors (Lipinski definition) is 1. The Hall–Kier alpha value is 0.0700. The molecule has 2 rings (SSSR count). The van der Waals surface area contributed by atoms with E-state index in [4.69, 9.17) is 23.2 Å². The highest BCUT2D eigenvalue weighted by Crippen LogP contribution is 2.25. The maximum absolute atomic E-state index is 6.21. The van der Waals surface area contributed by atoms with E-state index in [9.17, 15) is 0 Å². The van der Waals surface area contributed by atoms with E-state index >= 15 is 0 Å². The van der Waals surface area contributed by atoms with Crippen LogP contribution in [0.5, 0.6) is 0 Å². The SMILES string of the molecule is CC(NCCN1CCSCC1)c1ccc(Cl)cc1Cl. The van der Waals surface area contributed by atoms with Crippen LogP contribution in [-0.4, -0.2) is 42.6 Å². The van der Waals surface area contributed by atoms with E-state index in [2.05, 4.69) is 17.1 Å². The first kappa shape index (κ1) is 15.5. The van der Waals surface area contributed by atoms with Crippen LogP contribution in [0, 0.1) is 0 Å². The summed E-state index contributed by atoms with van der Waals surface area (Å²) in [5, 5.41) is 4.96. The second-order valence-corrected chi connectivity index (χ2v) is 6.86. The Morgan fingerprint density at radius 2 is 2.05 bits per heavy atom. The third kappa shape index (κ3) is 4.83. The van der Waals surface area contributed by atoms with E-state index in [0.29, 0.717) is 5.02 Å². The van der Waals surface area contributed by atoms with Crippen molar-refractivity contribution in [1.29, 1.82) is 0 Å². The van der Waals surface area contributed by atoms with E-state index in [1.54, 1.807) is 6.07 Å². The highest BCUT2D eigenvalue weighted by molar-refractivity contribution is 7.99. The number of nitrogens with one attached hydrogen (secondary N) is 1. The number of rotatable bonds is 5. The molecule has 5 heteroatoms. The van der Waals surface area contributed by atoms with Crippen molar-refractivity contribution in [3.63, 3.8) is 0 Å². The van der Waals surface area contributed by atoms with Crippen LogP contribution in [0.3, 0.4) is 0 Å². The number of hydrogen-bond acceptors (Lipinski definition) is 3. The fourth-order valence-corrected chi connectivity index (χ4v) is 3.78.